The van der Waals surface area contributed by atoms with E-state index < -0.39 is 47.3 Å². The highest BCUT2D eigenvalue weighted by Gasteiger charge is 2.21. The summed E-state index contributed by atoms with van der Waals surface area (Å²) in [5.74, 6) is -2.59. The van der Waals surface area contributed by atoms with Crippen molar-refractivity contribution in [2.75, 3.05) is 0 Å². The lowest BCUT2D eigenvalue weighted by Gasteiger charge is -2.09. The number of ether oxygens (including phenoxy) is 1. The fourth-order valence-electron chi connectivity index (χ4n) is 3.66. The maximum absolute atomic E-state index is 12.2. The molecule has 0 aliphatic heterocycles. The van der Waals surface area contributed by atoms with E-state index in [0.717, 1.165) is 48.5 Å². The van der Waals surface area contributed by atoms with Crippen LogP contribution in [0, 0.1) is 0 Å². The predicted octanol–water partition coefficient (Wildman–Crippen LogP) is 5.32. The summed E-state index contributed by atoms with van der Waals surface area (Å²) in [5.41, 5.74) is -1.10. The number of carbonyl (C=O) groups excluding carboxylic acids is 1. The predicted molar refractivity (Wildman–Crippen MR) is 150 cm³/mol. The molecule has 44 heavy (non-hydrogen) atoms. The molecule has 0 radical (unpaired) electrons. The lowest BCUT2D eigenvalue weighted by Crippen LogP contribution is -2.00. The molecule has 0 bridgehead atoms. The number of carbonyl (C=O) groups is 2. The summed E-state index contributed by atoms with van der Waals surface area (Å²) >= 11 is 0. The van der Waals surface area contributed by atoms with Crippen molar-refractivity contribution in [3.8, 4) is 28.4 Å². The van der Waals surface area contributed by atoms with Crippen LogP contribution >= 0.6 is 0 Å². The van der Waals surface area contributed by atoms with Crippen molar-refractivity contribution < 1.29 is 55.6 Å². The summed E-state index contributed by atoms with van der Waals surface area (Å²) in [6.07, 6.45) is 0. The maximum atomic E-state index is 12.2. The number of benzene rings is 4. The second-order valence-corrected chi connectivity index (χ2v) is 11.4. The van der Waals surface area contributed by atoms with Crippen molar-refractivity contribution in [1.29, 1.82) is 0 Å². The third-order valence-electron chi connectivity index (χ3n) is 5.68. The molecule has 0 aliphatic rings. The second kappa shape index (κ2) is 12.4. The van der Waals surface area contributed by atoms with Crippen molar-refractivity contribution in [1.82, 2.24) is 0 Å². The van der Waals surface area contributed by atoms with E-state index in [-0.39, 0.29) is 51.8 Å². The van der Waals surface area contributed by atoms with Gasteiger partial charge in [0.05, 0.1) is 11.4 Å². The average Bonchev–Trinajstić information content (AvgIpc) is 2.96. The Morgan fingerprint density at radius 3 is 1.59 bits per heavy atom. The van der Waals surface area contributed by atoms with Crippen LogP contribution in [-0.4, -0.2) is 53.7 Å². The molecule has 0 aromatic heterocycles. The first-order chi connectivity index (χ1) is 20.7. The number of carboxylic acid groups (broad SMARTS) is 1. The number of azo groups is 2. The number of nitrogens with zero attached hydrogens (tertiary/aromatic N) is 4. The molecule has 0 saturated heterocycles. The quantitative estimate of drug-likeness (QED) is 0.0835. The molecular weight excluding hydrogens is 624 g/mol. The Bertz CT molecular complexity index is 2080. The highest BCUT2D eigenvalue weighted by molar-refractivity contribution is 7.86. The molecule has 0 saturated carbocycles. The van der Waals surface area contributed by atoms with Gasteiger partial charge < -0.3 is 20.1 Å². The number of rotatable bonds is 10. The van der Waals surface area contributed by atoms with Gasteiger partial charge in [0.25, 0.3) is 26.7 Å². The van der Waals surface area contributed by atoms with E-state index in [1.54, 1.807) is 0 Å². The minimum atomic E-state index is -4.93. The van der Waals surface area contributed by atoms with Crippen LogP contribution in [0.1, 0.15) is 10.4 Å². The van der Waals surface area contributed by atoms with E-state index in [9.17, 15) is 45.7 Å². The smallest absolute Gasteiger partial charge is 0.339 e. The molecule has 0 amide bonds. The number of phenols is 2. The van der Waals surface area contributed by atoms with Gasteiger partial charge in [-0.3, -0.25) is 13.9 Å². The highest BCUT2D eigenvalue weighted by Crippen LogP contribution is 2.36. The molecule has 0 aliphatic carbocycles. The molecule has 16 nitrogen and oxygen atoms in total. The van der Waals surface area contributed by atoms with E-state index in [1.807, 2.05) is 0 Å². The number of aromatic hydroxyl groups is 2. The first kappa shape index (κ1) is 31.4. The van der Waals surface area contributed by atoms with Crippen LogP contribution < -0.4 is 4.74 Å². The summed E-state index contributed by atoms with van der Waals surface area (Å²) in [7, 11) is -9.85. The van der Waals surface area contributed by atoms with E-state index in [1.165, 1.54) is 24.3 Å². The molecule has 18 heteroatoms. The Morgan fingerprint density at radius 1 is 0.659 bits per heavy atom. The third kappa shape index (κ3) is 7.25. The van der Waals surface area contributed by atoms with Gasteiger partial charge in [-0.2, -0.15) is 27.1 Å². The first-order valence-electron chi connectivity index (χ1n) is 11.7. The van der Waals surface area contributed by atoms with Gasteiger partial charge in [-0.25, -0.2) is 4.79 Å². The Morgan fingerprint density at radius 2 is 1.14 bits per heavy atom. The van der Waals surface area contributed by atoms with Crippen LogP contribution in [0.2, 0.25) is 0 Å². The van der Waals surface area contributed by atoms with Gasteiger partial charge in [0.1, 0.15) is 32.5 Å². The number of hydrogen-bond donors (Lipinski definition) is 5. The Kier molecular flexibility index (Phi) is 8.81. The molecule has 5 N–H and O–H groups in total. The summed E-state index contributed by atoms with van der Waals surface area (Å²) in [5, 5.41) is 43.6. The molecule has 0 heterocycles. The maximum Gasteiger partial charge on any atom is 0.339 e. The zero-order chi connectivity index (χ0) is 32.2. The minimum Gasteiger partial charge on any atom is -0.507 e. The molecule has 0 atom stereocenters. The van der Waals surface area contributed by atoms with E-state index in [0.29, 0.717) is 0 Å². The Balaban J connectivity index is 1.73. The number of phenolic OH excluding ortho intramolecular Hbond substituents is 1. The van der Waals surface area contributed by atoms with Gasteiger partial charge in [-0.05, 0) is 65.7 Å². The number of aromatic carboxylic acids is 1. The number of hydrogen-bond acceptors (Lipinski definition) is 13. The number of carboxylic acids is 1. The van der Waals surface area contributed by atoms with Gasteiger partial charge in [-0.1, -0.05) is 12.1 Å². The first-order valence-corrected chi connectivity index (χ1v) is 14.6. The molecule has 4 rings (SSSR count). The standard InChI is InChI=1S/C26H18N4O12S2/c31-13-42-23-12-17(4-8-22(23)33)28-30-20-6-2-15(10-25(20)44(39,40)41)14-1-5-19(24(9-14)43(36,37)38)29-27-16-3-7-21(32)18(11-16)26(34)35/h1-13,32-33H,(H,34,35)(H,36,37,38)(H,39,40,41). The fraction of sp³-hybridized carbons (Fsp3) is 0. The van der Waals surface area contributed by atoms with E-state index >= 15 is 0 Å². The molecule has 4 aromatic rings. The van der Waals surface area contributed by atoms with Gasteiger partial charge >= 0.3 is 5.97 Å². The Hall–Kier alpha value is -5.56. The lowest BCUT2D eigenvalue weighted by atomic mass is 10.0. The van der Waals surface area contributed by atoms with Crippen LogP contribution in [0.5, 0.6) is 17.2 Å². The van der Waals surface area contributed by atoms with Crippen molar-refractivity contribution in [3.63, 3.8) is 0 Å². The van der Waals surface area contributed by atoms with Crippen LogP contribution in [-0.2, 0) is 25.0 Å². The largest absolute Gasteiger partial charge is 0.507 e. The van der Waals surface area contributed by atoms with E-state index in [2.05, 4.69) is 25.2 Å². The van der Waals surface area contributed by atoms with Crippen molar-refractivity contribution in [2.24, 2.45) is 20.5 Å². The van der Waals surface area contributed by atoms with Crippen LogP contribution in [0.25, 0.3) is 11.1 Å². The Labute approximate surface area is 247 Å². The van der Waals surface area contributed by atoms with Crippen LogP contribution in [0.4, 0.5) is 22.7 Å². The summed E-state index contributed by atoms with van der Waals surface area (Å²) in [4.78, 5) is 20.3. The van der Waals surface area contributed by atoms with Crippen molar-refractivity contribution in [3.05, 3.63) is 78.4 Å². The van der Waals surface area contributed by atoms with E-state index in [4.69, 9.17) is 5.11 Å². The van der Waals surface area contributed by atoms with Crippen molar-refractivity contribution in [2.45, 2.75) is 9.79 Å². The van der Waals surface area contributed by atoms with Gasteiger partial charge in [-0.15, -0.1) is 10.2 Å². The SMILES string of the molecule is O=COc1cc(N=Nc2ccc(-c3ccc(N=Nc4ccc(O)c(C(=O)O)c4)c(S(=O)(=O)O)c3)cc2S(=O)(=O)O)ccc1O. The van der Waals surface area contributed by atoms with Gasteiger partial charge in [0.2, 0.25) is 0 Å². The summed E-state index contributed by atoms with van der Waals surface area (Å²) in [6, 6.07) is 13.6. The molecule has 4 aromatic carbocycles. The topological polar surface area (TPSA) is 262 Å². The normalized spacial score (nSPS) is 12.0. The monoisotopic (exact) mass is 642 g/mol. The lowest BCUT2D eigenvalue weighted by molar-refractivity contribution is -0.120. The van der Waals surface area contributed by atoms with Crippen LogP contribution in [0.15, 0.2) is 103 Å². The summed E-state index contributed by atoms with van der Waals surface area (Å²) < 4.78 is 72.9. The van der Waals surface area contributed by atoms with Crippen LogP contribution in [0.3, 0.4) is 0 Å². The zero-order valence-corrected chi connectivity index (χ0v) is 23.3. The summed E-state index contributed by atoms with van der Waals surface area (Å²) in [6.45, 7) is 0.0700. The fourth-order valence-corrected chi connectivity index (χ4v) is 4.96. The molecule has 0 spiro atoms. The second-order valence-electron chi connectivity index (χ2n) is 8.59. The molecule has 226 valence electrons. The average molecular weight is 643 g/mol. The highest BCUT2D eigenvalue weighted by atomic mass is 32.2. The van der Waals surface area contributed by atoms with Gasteiger partial charge in [0, 0.05) is 6.07 Å². The zero-order valence-electron chi connectivity index (χ0n) is 21.7. The van der Waals surface area contributed by atoms with Crippen molar-refractivity contribution >= 4 is 55.4 Å². The van der Waals surface area contributed by atoms with Gasteiger partial charge in [0.15, 0.2) is 11.5 Å². The molecule has 0 fully saturated rings. The molecule has 0 unspecified atom stereocenters. The minimum absolute atomic E-state index is 0.0408. The molecular formula is C26H18N4O12S2. The third-order valence-corrected chi connectivity index (χ3v) is 7.45.